The Morgan fingerprint density at radius 2 is 1.39 bits per heavy atom. The van der Waals surface area contributed by atoms with E-state index >= 15 is 0 Å². The van der Waals surface area contributed by atoms with Gasteiger partial charge in [-0.05, 0) is 12.1 Å². The number of para-hydroxylation sites is 2. The maximum absolute atomic E-state index is 11.4. The van der Waals surface area contributed by atoms with E-state index in [-0.39, 0.29) is 5.56 Å². The van der Waals surface area contributed by atoms with Gasteiger partial charge in [-0.1, -0.05) is 24.3 Å². The summed E-state index contributed by atoms with van der Waals surface area (Å²) >= 11 is 0. The quantitative estimate of drug-likeness (QED) is 0.471. The zero-order valence-corrected chi connectivity index (χ0v) is 9.88. The van der Waals surface area contributed by atoms with Gasteiger partial charge in [-0.25, -0.2) is 0 Å². The molecule has 0 fully saturated rings. The van der Waals surface area contributed by atoms with Gasteiger partial charge >= 0.3 is 0 Å². The minimum absolute atomic E-state index is 0.263. The lowest BCUT2D eigenvalue weighted by atomic mass is 10.0. The summed E-state index contributed by atoms with van der Waals surface area (Å²) < 4.78 is 2.00. The van der Waals surface area contributed by atoms with E-state index < -0.39 is 5.97 Å². The number of fused-ring (bicyclic) bond motifs is 2. The van der Waals surface area contributed by atoms with Gasteiger partial charge in [-0.2, -0.15) is 4.57 Å². The fourth-order valence-electron chi connectivity index (χ4n) is 2.45. The van der Waals surface area contributed by atoms with E-state index in [9.17, 15) is 9.90 Å². The van der Waals surface area contributed by atoms with Crippen molar-refractivity contribution in [1.29, 1.82) is 0 Å². The van der Waals surface area contributed by atoms with Crippen LogP contribution in [0.15, 0.2) is 48.5 Å². The smallest absolute Gasteiger partial charge is 0.213 e. The summed E-state index contributed by atoms with van der Waals surface area (Å²) in [6.07, 6.45) is 0. The number of carbonyl (C=O) groups is 1. The lowest BCUT2D eigenvalue weighted by molar-refractivity contribution is -0.617. The zero-order chi connectivity index (χ0) is 12.7. The average Bonchev–Trinajstić information content (AvgIpc) is 2.39. The van der Waals surface area contributed by atoms with Crippen LogP contribution in [-0.4, -0.2) is 5.97 Å². The monoisotopic (exact) mass is 237 g/mol. The molecular weight excluding hydrogens is 226 g/mol. The van der Waals surface area contributed by atoms with Gasteiger partial charge in [0.2, 0.25) is 11.0 Å². The Kier molecular flexibility index (Phi) is 2.27. The number of pyridine rings is 1. The molecule has 0 spiro atoms. The van der Waals surface area contributed by atoms with Crippen LogP contribution in [0, 0.1) is 0 Å². The van der Waals surface area contributed by atoms with E-state index in [4.69, 9.17) is 0 Å². The molecule has 0 amide bonds. The van der Waals surface area contributed by atoms with Gasteiger partial charge in [0.25, 0.3) is 0 Å². The van der Waals surface area contributed by atoms with E-state index in [2.05, 4.69) is 0 Å². The van der Waals surface area contributed by atoms with Gasteiger partial charge in [0, 0.05) is 17.7 Å². The Balaban J connectivity index is 2.67. The number of aromatic nitrogens is 1. The number of hydrogen-bond acceptors (Lipinski definition) is 2. The first kappa shape index (κ1) is 10.7. The van der Waals surface area contributed by atoms with Crippen LogP contribution >= 0.6 is 0 Å². The number of carboxylic acid groups (broad SMARTS) is 1. The Bertz CT molecular complexity index is 721. The van der Waals surface area contributed by atoms with Gasteiger partial charge in [0.05, 0.1) is 16.7 Å². The predicted molar refractivity (Wildman–Crippen MR) is 67.0 cm³/mol. The maximum Gasteiger partial charge on any atom is 0.213 e. The third-order valence-corrected chi connectivity index (χ3v) is 3.27. The van der Waals surface area contributed by atoms with Crippen molar-refractivity contribution in [1.82, 2.24) is 0 Å². The number of nitrogens with zero attached hydrogens (tertiary/aromatic N) is 1. The number of carbonyl (C=O) groups excluding carboxylic acids is 1. The number of carboxylic acids is 1. The minimum Gasteiger partial charge on any atom is -0.545 e. The molecule has 88 valence electrons. The van der Waals surface area contributed by atoms with Crippen LogP contribution in [0.2, 0.25) is 0 Å². The second-order valence-corrected chi connectivity index (χ2v) is 4.26. The van der Waals surface area contributed by atoms with Crippen molar-refractivity contribution in [3.8, 4) is 0 Å². The van der Waals surface area contributed by atoms with Gasteiger partial charge < -0.3 is 9.90 Å². The van der Waals surface area contributed by atoms with Crippen LogP contribution in [0.1, 0.15) is 10.4 Å². The van der Waals surface area contributed by atoms with Crippen LogP contribution in [0.5, 0.6) is 0 Å². The Labute approximate surface area is 104 Å². The number of aromatic carboxylic acids is 1. The summed E-state index contributed by atoms with van der Waals surface area (Å²) in [7, 11) is 1.93. The van der Waals surface area contributed by atoms with Crippen LogP contribution in [0.4, 0.5) is 0 Å². The molecule has 0 atom stereocenters. The molecule has 3 heteroatoms. The lowest BCUT2D eigenvalue weighted by Gasteiger charge is -2.10. The normalized spacial score (nSPS) is 10.9. The molecule has 0 aliphatic rings. The number of aryl methyl sites for hydroxylation is 1. The van der Waals surface area contributed by atoms with Gasteiger partial charge in [-0.3, -0.25) is 0 Å². The molecule has 1 heterocycles. The molecule has 0 bridgehead atoms. The topological polar surface area (TPSA) is 44.0 Å². The average molecular weight is 237 g/mol. The highest BCUT2D eigenvalue weighted by molar-refractivity contribution is 6.11. The molecule has 0 radical (unpaired) electrons. The van der Waals surface area contributed by atoms with Gasteiger partial charge in [0.15, 0.2) is 0 Å². The summed E-state index contributed by atoms with van der Waals surface area (Å²) in [5.41, 5.74) is 2.03. The van der Waals surface area contributed by atoms with Gasteiger partial charge in [-0.15, -0.1) is 0 Å². The molecular formula is C15H11NO2. The first-order valence-electron chi connectivity index (χ1n) is 5.71. The predicted octanol–water partition coefficient (Wildman–Crippen LogP) is 1.18. The molecule has 0 aliphatic carbocycles. The summed E-state index contributed by atoms with van der Waals surface area (Å²) in [5, 5.41) is 12.8. The van der Waals surface area contributed by atoms with Crippen molar-refractivity contribution in [3.63, 3.8) is 0 Å². The van der Waals surface area contributed by atoms with Gasteiger partial charge in [0.1, 0.15) is 7.05 Å². The molecule has 0 aliphatic heterocycles. The first-order chi connectivity index (χ1) is 8.70. The van der Waals surface area contributed by atoms with E-state index in [1.165, 1.54) is 0 Å². The summed E-state index contributed by atoms with van der Waals surface area (Å²) in [6, 6.07) is 14.9. The highest BCUT2D eigenvalue weighted by Crippen LogP contribution is 2.23. The van der Waals surface area contributed by atoms with E-state index in [0.717, 1.165) is 11.0 Å². The molecule has 3 rings (SSSR count). The highest BCUT2D eigenvalue weighted by atomic mass is 16.4. The SMILES string of the molecule is C[n+]1c2ccccc2c(C(=O)[O-])c2ccccc21. The van der Waals surface area contributed by atoms with E-state index in [1.54, 1.807) is 0 Å². The molecule has 0 N–H and O–H groups in total. The standard InChI is InChI=1S/C15H11NO2/c1-16-12-8-4-2-6-10(12)14(15(17)18)11-7-3-5-9-13(11)16/h2-9H,1H3. The molecule has 18 heavy (non-hydrogen) atoms. The van der Waals surface area contributed by atoms with Crippen LogP contribution < -0.4 is 9.67 Å². The third-order valence-electron chi connectivity index (χ3n) is 3.27. The van der Waals surface area contributed by atoms with Crippen molar-refractivity contribution in [2.24, 2.45) is 7.05 Å². The zero-order valence-electron chi connectivity index (χ0n) is 9.88. The Hall–Kier alpha value is -2.42. The third kappa shape index (κ3) is 1.37. The van der Waals surface area contributed by atoms with Crippen molar-refractivity contribution in [3.05, 3.63) is 54.1 Å². The minimum atomic E-state index is -1.14. The fraction of sp³-hybridized carbons (Fsp3) is 0.0667. The maximum atomic E-state index is 11.4. The van der Waals surface area contributed by atoms with Crippen molar-refractivity contribution in [2.75, 3.05) is 0 Å². The number of benzene rings is 2. The van der Waals surface area contributed by atoms with E-state index in [1.807, 2.05) is 60.1 Å². The molecule has 0 saturated heterocycles. The Morgan fingerprint density at radius 3 is 1.83 bits per heavy atom. The second-order valence-electron chi connectivity index (χ2n) is 4.26. The van der Waals surface area contributed by atoms with Crippen molar-refractivity contribution in [2.45, 2.75) is 0 Å². The van der Waals surface area contributed by atoms with Crippen molar-refractivity contribution < 1.29 is 14.5 Å². The summed E-state index contributed by atoms with van der Waals surface area (Å²) in [5.74, 6) is -1.14. The molecule has 2 aromatic carbocycles. The number of rotatable bonds is 1. The molecule has 3 nitrogen and oxygen atoms in total. The van der Waals surface area contributed by atoms with Crippen LogP contribution in [0.25, 0.3) is 21.8 Å². The fourth-order valence-corrected chi connectivity index (χ4v) is 2.45. The summed E-state index contributed by atoms with van der Waals surface area (Å²) in [4.78, 5) is 11.4. The summed E-state index contributed by atoms with van der Waals surface area (Å²) in [6.45, 7) is 0. The van der Waals surface area contributed by atoms with E-state index in [0.29, 0.717) is 10.8 Å². The lowest BCUT2D eigenvalue weighted by Crippen LogP contribution is -2.33. The largest absolute Gasteiger partial charge is 0.545 e. The highest BCUT2D eigenvalue weighted by Gasteiger charge is 2.17. The second kappa shape index (κ2) is 3.81. The first-order valence-corrected chi connectivity index (χ1v) is 5.71. The molecule has 1 aromatic heterocycles. The molecule has 0 unspecified atom stereocenters. The Morgan fingerprint density at radius 1 is 0.944 bits per heavy atom. The molecule has 0 saturated carbocycles. The van der Waals surface area contributed by atoms with Crippen molar-refractivity contribution >= 4 is 27.8 Å². The molecule has 3 aromatic rings. The number of hydrogen-bond donors (Lipinski definition) is 0. The van der Waals surface area contributed by atoms with Crippen LogP contribution in [-0.2, 0) is 7.05 Å². The van der Waals surface area contributed by atoms with Crippen LogP contribution in [0.3, 0.4) is 0 Å².